The Labute approximate surface area is 108 Å². The zero-order chi connectivity index (χ0) is 13.6. The van der Waals surface area contributed by atoms with Gasteiger partial charge in [-0.05, 0) is 12.3 Å². The minimum Gasteiger partial charge on any atom is -0.396 e. The molecular weight excluding hydrogens is 256 g/mol. The molecule has 1 fully saturated rings. The first-order valence-electron chi connectivity index (χ1n) is 6.24. The molecule has 2 unspecified atom stereocenters. The molecule has 0 saturated carbocycles. The molecule has 0 bridgehead atoms. The van der Waals surface area contributed by atoms with Crippen molar-refractivity contribution in [3.05, 3.63) is 0 Å². The van der Waals surface area contributed by atoms with Crippen molar-refractivity contribution in [1.82, 2.24) is 10.6 Å². The Balaban J connectivity index is 2.27. The number of nitrogens with one attached hydrogen (secondary N) is 2. The maximum absolute atomic E-state index is 11.6. The van der Waals surface area contributed by atoms with Crippen molar-refractivity contribution < 1.29 is 18.3 Å². The molecule has 6 nitrogen and oxygen atoms in total. The number of aliphatic hydroxyl groups excluding tert-OH is 1. The third-order valence-electron chi connectivity index (χ3n) is 3.00. The van der Waals surface area contributed by atoms with E-state index in [-0.39, 0.29) is 42.4 Å². The van der Waals surface area contributed by atoms with Crippen LogP contribution in [0, 0.1) is 5.92 Å². The molecule has 0 aromatic carbocycles. The number of hydrogen-bond acceptors (Lipinski definition) is 5. The van der Waals surface area contributed by atoms with E-state index in [9.17, 15) is 13.2 Å². The zero-order valence-electron chi connectivity index (χ0n) is 10.7. The molecule has 7 heteroatoms. The topological polar surface area (TPSA) is 95.5 Å². The molecule has 1 rings (SSSR count). The van der Waals surface area contributed by atoms with Crippen LogP contribution >= 0.6 is 0 Å². The predicted molar refractivity (Wildman–Crippen MR) is 68.9 cm³/mol. The fourth-order valence-corrected chi connectivity index (χ4v) is 3.35. The fourth-order valence-electron chi connectivity index (χ4n) is 1.90. The van der Waals surface area contributed by atoms with E-state index in [0.29, 0.717) is 19.5 Å². The molecule has 3 N–H and O–H groups in total. The second-order valence-corrected chi connectivity index (χ2v) is 7.12. The van der Waals surface area contributed by atoms with Crippen LogP contribution in [0.5, 0.6) is 0 Å². The van der Waals surface area contributed by atoms with E-state index in [1.165, 1.54) is 0 Å². The first-order chi connectivity index (χ1) is 8.43. The fraction of sp³-hybridized carbons (Fsp3) is 0.909. The summed E-state index contributed by atoms with van der Waals surface area (Å²) in [5.41, 5.74) is 0. The van der Waals surface area contributed by atoms with Crippen LogP contribution in [0.4, 0.5) is 0 Å². The molecule has 0 aromatic rings. The third-order valence-corrected chi connectivity index (χ3v) is 4.74. The Hall–Kier alpha value is -0.660. The van der Waals surface area contributed by atoms with Gasteiger partial charge < -0.3 is 15.7 Å². The summed E-state index contributed by atoms with van der Waals surface area (Å²) in [6, 6.07) is -0.281. The van der Waals surface area contributed by atoms with E-state index in [1.807, 2.05) is 6.92 Å². The molecule has 1 heterocycles. The van der Waals surface area contributed by atoms with Gasteiger partial charge in [-0.15, -0.1) is 0 Å². The van der Waals surface area contributed by atoms with Gasteiger partial charge in [0, 0.05) is 32.2 Å². The number of amides is 1. The van der Waals surface area contributed by atoms with Crippen molar-refractivity contribution in [2.75, 3.05) is 31.2 Å². The van der Waals surface area contributed by atoms with Crippen LogP contribution in [-0.2, 0) is 14.6 Å². The monoisotopic (exact) mass is 278 g/mol. The molecule has 0 aliphatic carbocycles. The van der Waals surface area contributed by atoms with Crippen LogP contribution in [-0.4, -0.2) is 56.7 Å². The minimum absolute atomic E-state index is 0.0343. The molecule has 106 valence electrons. The Morgan fingerprint density at radius 2 is 2.28 bits per heavy atom. The van der Waals surface area contributed by atoms with E-state index in [1.54, 1.807) is 0 Å². The molecule has 0 aromatic heterocycles. The highest BCUT2D eigenvalue weighted by Crippen LogP contribution is 2.05. The SMILES string of the molecule is CC(CCO)CNC(=O)CC1CS(=O)(=O)CCN1. The highest BCUT2D eigenvalue weighted by atomic mass is 32.2. The van der Waals surface area contributed by atoms with Gasteiger partial charge in [0.05, 0.1) is 11.5 Å². The molecule has 18 heavy (non-hydrogen) atoms. The molecule has 1 amide bonds. The van der Waals surface area contributed by atoms with E-state index >= 15 is 0 Å². The highest BCUT2D eigenvalue weighted by Gasteiger charge is 2.25. The van der Waals surface area contributed by atoms with Gasteiger partial charge in [-0.3, -0.25) is 4.79 Å². The lowest BCUT2D eigenvalue weighted by Crippen LogP contribution is -2.47. The standard InChI is InChI=1S/C11H22N2O4S/c1-9(2-4-14)7-13-11(15)6-10-8-18(16,17)5-3-12-10/h9-10,12,14H,2-8H2,1H3,(H,13,15). The summed E-state index contributed by atoms with van der Waals surface area (Å²) in [5.74, 6) is 0.266. The Morgan fingerprint density at radius 1 is 1.56 bits per heavy atom. The normalized spacial score (nSPS) is 24.4. The lowest BCUT2D eigenvalue weighted by atomic mass is 10.1. The smallest absolute Gasteiger partial charge is 0.221 e. The van der Waals surface area contributed by atoms with Crippen LogP contribution in [0.3, 0.4) is 0 Å². The number of hydrogen-bond donors (Lipinski definition) is 3. The predicted octanol–water partition coefficient (Wildman–Crippen LogP) is -1.10. The molecule has 0 radical (unpaired) electrons. The third kappa shape index (κ3) is 5.79. The van der Waals surface area contributed by atoms with Gasteiger partial charge in [0.1, 0.15) is 0 Å². The average molecular weight is 278 g/mol. The van der Waals surface area contributed by atoms with Crippen LogP contribution in [0.2, 0.25) is 0 Å². The maximum Gasteiger partial charge on any atom is 0.221 e. The summed E-state index contributed by atoms with van der Waals surface area (Å²) >= 11 is 0. The quantitative estimate of drug-likeness (QED) is 0.573. The second-order valence-electron chi connectivity index (χ2n) is 4.89. The number of carbonyl (C=O) groups is 1. The summed E-state index contributed by atoms with van der Waals surface area (Å²) in [4.78, 5) is 11.6. The summed E-state index contributed by atoms with van der Waals surface area (Å²) in [6.45, 7) is 2.99. The van der Waals surface area contributed by atoms with Crippen LogP contribution in [0.25, 0.3) is 0 Å². The van der Waals surface area contributed by atoms with E-state index < -0.39 is 9.84 Å². The lowest BCUT2D eigenvalue weighted by Gasteiger charge is -2.23. The van der Waals surface area contributed by atoms with Crippen molar-refractivity contribution in [3.63, 3.8) is 0 Å². The molecule has 1 saturated heterocycles. The number of rotatable bonds is 6. The lowest BCUT2D eigenvalue weighted by molar-refractivity contribution is -0.121. The van der Waals surface area contributed by atoms with Crippen LogP contribution in [0.1, 0.15) is 19.8 Å². The van der Waals surface area contributed by atoms with Gasteiger partial charge in [0.25, 0.3) is 0 Å². The molecule has 1 aliphatic rings. The van der Waals surface area contributed by atoms with Crippen molar-refractivity contribution in [2.45, 2.75) is 25.8 Å². The summed E-state index contributed by atoms with van der Waals surface area (Å²) in [6.07, 6.45) is 0.835. The Kier molecular flexibility index (Phi) is 6.04. The highest BCUT2D eigenvalue weighted by molar-refractivity contribution is 7.91. The minimum atomic E-state index is -2.99. The summed E-state index contributed by atoms with van der Waals surface area (Å²) < 4.78 is 22.8. The van der Waals surface area contributed by atoms with Gasteiger partial charge in [0.15, 0.2) is 9.84 Å². The van der Waals surface area contributed by atoms with E-state index in [2.05, 4.69) is 10.6 Å². The summed E-state index contributed by atoms with van der Waals surface area (Å²) in [5, 5.41) is 14.5. The van der Waals surface area contributed by atoms with E-state index in [0.717, 1.165) is 0 Å². The number of aliphatic hydroxyl groups is 1. The molecule has 0 spiro atoms. The van der Waals surface area contributed by atoms with Gasteiger partial charge in [-0.25, -0.2) is 8.42 Å². The van der Waals surface area contributed by atoms with E-state index in [4.69, 9.17) is 5.11 Å². The summed E-state index contributed by atoms with van der Waals surface area (Å²) in [7, 11) is -2.99. The molecule has 1 aliphatic heterocycles. The van der Waals surface area contributed by atoms with Crippen LogP contribution in [0.15, 0.2) is 0 Å². The van der Waals surface area contributed by atoms with Gasteiger partial charge in [0.2, 0.25) is 5.91 Å². The van der Waals surface area contributed by atoms with Gasteiger partial charge in [-0.2, -0.15) is 0 Å². The van der Waals surface area contributed by atoms with Crippen LogP contribution < -0.4 is 10.6 Å². The average Bonchev–Trinajstić information content (AvgIpc) is 2.25. The molecular formula is C11H22N2O4S. The Morgan fingerprint density at radius 3 is 2.89 bits per heavy atom. The maximum atomic E-state index is 11.6. The molecule has 2 atom stereocenters. The number of sulfone groups is 1. The van der Waals surface area contributed by atoms with Crippen molar-refractivity contribution in [2.24, 2.45) is 5.92 Å². The van der Waals surface area contributed by atoms with Crippen molar-refractivity contribution in [3.8, 4) is 0 Å². The van der Waals surface area contributed by atoms with Gasteiger partial charge >= 0.3 is 0 Å². The second kappa shape index (κ2) is 7.06. The largest absolute Gasteiger partial charge is 0.396 e. The van der Waals surface area contributed by atoms with Gasteiger partial charge in [-0.1, -0.05) is 6.92 Å². The zero-order valence-corrected chi connectivity index (χ0v) is 11.5. The number of carbonyl (C=O) groups excluding carboxylic acids is 1. The first-order valence-corrected chi connectivity index (χ1v) is 8.06. The van der Waals surface area contributed by atoms with Crippen molar-refractivity contribution in [1.29, 1.82) is 0 Å². The Bertz CT molecular complexity index is 369. The first kappa shape index (κ1) is 15.4. The van der Waals surface area contributed by atoms with Crippen molar-refractivity contribution >= 4 is 15.7 Å².